The van der Waals surface area contributed by atoms with Crippen molar-refractivity contribution in [1.29, 1.82) is 0 Å². The minimum Gasteiger partial charge on any atom is -0.457 e. The SMILES string of the molecule is NCc1cc(NC(=O)c2cnc3ccc(Oc4ccnc(C5=NCCN5)c4)cc3c2)cc(C(F)(F)F)c1. The number of hydrogen-bond donors (Lipinski definition) is 3. The van der Waals surface area contributed by atoms with Crippen LogP contribution in [0.15, 0.2) is 72.0 Å². The molecule has 0 fully saturated rings. The summed E-state index contributed by atoms with van der Waals surface area (Å²) in [5.74, 6) is 1.17. The van der Waals surface area contributed by atoms with Crippen LogP contribution in [0.25, 0.3) is 10.9 Å². The number of benzene rings is 2. The molecule has 0 saturated carbocycles. The van der Waals surface area contributed by atoms with Gasteiger partial charge >= 0.3 is 6.18 Å². The van der Waals surface area contributed by atoms with E-state index in [4.69, 9.17) is 10.5 Å². The molecule has 0 aliphatic carbocycles. The van der Waals surface area contributed by atoms with E-state index in [-0.39, 0.29) is 23.4 Å². The first kappa shape index (κ1) is 24.2. The lowest BCUT2D eigenvalue weighted by atomic mass is 10.1. The molecule has 5 rings (SSSR count). The highest BCUT2D eigenvalue weighted by molar-refractivity contribution is 6.06. The zero-order valence-corrected chi connectivity index (χ0v) is 19.3. The first-order chi connectivity index (χ1) is 17.8. The molecule has 2 aromatic carbocycles. The highest BCUT2D eigenvalue weighted by Gasteiger charge is 2.31. The monoisotopic (exact) mass is 506 g/mol. The second-order valence-electron chi connectivity index (χ2n) is 8.29. The molecule has 1 amide bonds. The Kier molecular flexibility index (Phi) is 6.45. The number of alkyl halides is 3. The zero-order valence-electron chi connectivity index (χ0n) is 19.3. The second kappa shape index (κ2) is 9.86. The highest BCUT2D eigenvalue weighted by Crippen LogP contribution is 2.32. The Labute approximate surface area is 209 Å². The highest BCUT2D eigenvalue weighted by atomic mass is 19.4. The maximum Gasteiger partial charge on any atom is 0.416 e. The van der Waals surface area contributed by atoms with Gasteiger partial charge in [0, 0.05) is 42.6 Å². The smallest absolute Gasteiger partial charge is 0.416 e. The average molecular weight is 506 g/mol. The summed E-state index contributed by atoms with van der Waals surface area (Å²) in [5, 5.41) is 6.29. The van der Waals surface area contributed by atoms with E-state index in [1.54, 1.807) is 42.6 Å². The van der Waals surface area contributed by atoms with E-state index in [2.05, 4.69) is 25.6 Å². The van der Waals surface area contributed by atoms with Crippen LogP contribution < -0.4 is 21.1 Å². The molecular weight excluding hydrogens is 485 g/mol. The molecule has 4 N–H and O–H groups in total. The summed E-state index contributed by atoms with van der Waals surface area (Å²) >= 11 is 0. The van der Waals surface area contributed by atoms with E-state index in [1.165, 1.54) is 12.3 Å². The summed E-state index contributed by atoms with van der Waals surface area (Å²) in [6.45, 7) is 1.35. The predicted molar refractivity (Wildman–Crippen MR) is 133 cm³/mol. The summed E-state index contributed by atoms with van der Waals surface area (Å²) < 4.78 is 45.7. The van der Waals surface area contributed by atoms with Gasteiger partial charge in [-0.1, -0.05) is 0 Å². The van der Waals surface area contributed by atoms with E-state index in [9.17, 15) is 18.0 Å². The fourth-order valence-corrected chi connectivity index (χ4v) is 3.86. The molecule has 0 radical (unpaired) electrons. The van der Waals surface area contributed by atoms with Gasteiger partial charge in [0.2, 0.25) is 0 Å². The van der Waals surface area contributed by atoms with Crippen molar-refractivity contribution in [2.24, 2.45) is 10.7 Å². The largest absolute Gasteiger partial charge is 0.457 e. The number of nitrogens with zero attached hydrogens (tertiary/aromatic N) is 3. The number of pyridine rings is 2. The van der Waals surface area contributed by atoms with Crippen molar-refractivity contribution in [2.45, 2.75) is 12.7 Å². The number of amides is 1. The number of rotatable bonds is 6. The van der Waals surface area contributed by atoms with Crippen LogP contribution in [0.1, 0.15) is 27.2 Å². The van der Waals surface area contributed by atoms with Gasteiger partial charge in [0.15, 0.2) is 0 Å². The summed E-state index contributed by atoms with van der Waals surface area (Å²) in [5.41, 5.74) is 6.34. The number of aliphatic imine (C=N–C) groups is 1. The van der Waals surface area contributed by atoms with Crippen molar-refractivity contribution in [3.8, 4) is 11.5 Å². The van der Waals surface area contributed by atoms with Gasteiger partial charge in [-0.2, -0.15) is 13.2 Å². The normalized spacial score (nSPS) is 13.2. The van der Waals surface area contributed by atoms with Gasteiger partial charge in [0.1, 0.15) is 23.0 Å². The summed E-state index contributed by atoms with van der Waals surface area (Å²) in [7, 11) is 0. The molecule has 1 aliphatic rings. The molecule has 0 unspecified atom stereocenters. The van der Waals surface area contributed by atoms with Gasteiger partial charge in [0.05, 0.1) is 23.2 Å². The Morgan fingerprint density at radius 1 is 1.05 bits per heavy atom. The third kappa shape index (κ3) is 5.51. The number of nitrogens with two attached hydrogens (primary N) is 1. The molecule has 0 bridgehead atoms. The van der Waals surface area contributed by atoms with Crippen molar-refractivity contribution in [2.75, 3.05) is 18.4 Å². The van der Waals surface area contributed by atoms with Crippen molar-refractivity contribution in [3.05, 3.63) is 89.4 Å². The fourth-order valence-electron chi connectivity index (χ4n) is 3.86. The van der Waals surface area contributed by atoms with Gasteiger partial charge in [-0.25, -0.2) is 0 Å². The maximum atomic E-state index is 13.2. The standard InChI is InChI=1S/C26H21F3N6O2/c27-26(28,29)18-7-15(13-30)8-19(11-18)35-25(36)17-9-16-10-20(1-2-22(16)34-14-17)37-21-3-4-31-23(12-21)24-32-5-6-33-24/h1-4,7-12,14H,5-6,13,30H2,(H,32,33)(H,35,36). The second-order valence-corrected chi connectivity index (χ2v) is 8.29. The summed E-state index contributed by atoms with van der Waals surface area (Å²) in [4.78, 5) is 25.8. The van der Waals surface area contributed by atoms with Crippen LogP contribution in [-0.4, -0.2) is 34.8 Å². The van der Waals surface area contributed by atoms with E-state index < -0.39 is 17.6 Å². The molecule has 4 aromatic rings. The van der Waals surface area contributed by atoms with Crippen LogP contribution in [0.5, 0.6) is 11.5 Å². The van der Waals surface area contributed by atoms with Crippen LogP contribution >= 0.6 is 0 Å². The number of nitrogens with one attached hydrogen (secondary N) is 2. The maximum absolute atomic E-state index is 13.2. The Balaban J connectivity index is 1.37. The number of carbonyl (C=O) groups is 1. The third-order valence-electron chi connectivity index (χ3n) is 5.61. The van der Waals surface area contributed by atoms with Gasteiger partial charge < -0.3 is 21.1 Å². The molecule has 1 aliphatic heterocycles. The lowest BCUT2D eigenvalue weighted by molar-refractivity contribution is -0.137. The molecule has 0 atom stereocenters. The van der Waals surface area contributed by atoms with Crippen molar-refractivity contribution < 1.29 is 22.7 Å². The Bertz CT molecular complexity index is 1520. The quantitative estimate of drug-likeness (QED) is 0.355. The number of hydrogen-bond acceptors (Lipinski definition) is 7. The minimum atomic E-state index is -4.57. The van der Waals surface area contributed by atoms with Gasteiger partial charge in [-0.05, 0) is 54.1 Å². The zero-order chi connectivity index (χ0) is 26.0. The molecule has 8 nitrogen and oxygen atoms in total. The Morgan fingerprint density at radius 2 is 1.89 bits per heavy atom. The van der Waals surface area contributed by atoms with Crippen LogP contribution in [0.3, 0.4) is 0 Å². The van der Waals surface area contributed by atoms with Gasteiger partial charge in [-0.3, -0.25) is 19.8 Å². The third-order valence-corrected chi connectivity index (χ3v) is 5.61. The lowest BCUT2D eigenvalue weighted by Gasteiger charge is -2.13. The summed E-state index contributed by atoms with van der Waals surface area (Å²) in [6.07, 6.45) is -1.58. The van der Waals surface area contributed by atoms with E-state index in [0.29, 0.717) is 40.5 Å². The minimum absolute atomic E-state index is 0.00713. The number of aromatic nitrogens is 2. The molecule has 3 heterocycles. The van der Waals surface area contributed by atoms with Crippen LogP contribution in [-0.2, 0) is 12.7 Å². The Morgan fingerprint density at radius 3 is 2.65 bits per heavy atom. The predicted octanol–water partition coefficient (Wildman–Crippen LogP) is 4.50. The van der Waals surface area contributed by atoms with E-state index in [1.807, 2.05) is 0 Å². The van der Waals surface area contributed by atoms with E-state index >= 15 is 0 Å². The summed E-state index contributed by atoms with van der Waals surface area (Å²) in [6, 6.07) is 13.5. The molecule has 0 spiro atoms. The van der Waals surface area contributed by atoms with Crippen LogP contribution in [0.4, 0.5) is 18.9 Å². The topological polar surface area (TPSA) is 115 Å². The molecule has 11 heteroatoms. The fraction of sp³-hybridized carbons (Fsp3) is 0.154. The molecule has 188 valence electrons. The van der Waals surface area contributed by atoms with Crippen LogP contribution in [0.2, 0.25) is 0 Å². The lowest BCUT2D eigenvalue weighted by Crippen LogP contribution is -2.20. The van der Waals surface area contributed by atoms with Gasteiger partial charge in [-0.15, -0.1) is 0 Å². The molecule has 37 heavy (non-hydrogen) atoms. The van der Waals surface area contributed by atoms with Crippen molar-refractivity contribution >= 4 is 28.3 Å². The van der Waals surface area contributed by atoms with Crippen molar-refractivity contribution in [1.82, 2.24) is 15.3 Å². The number of anilines is 1. The molecule has 0 saturated heterocycles. The Hall–Kier alpha value is -4.51. The number of amidine groups is 1. The van der Waals surface area contributed by atoms with Gasteiger partial charge in [0.25, 0.3) is 5.91 Å². The molecule has 2 aromatic heterocycles. The number of carbonyl (C=O) groups excluding carboxylic acids is 1. The number of halogens is 3. The van der Waals surface area contributed by atoms with E-state index in [0.717, 1.165) is 18.7 Å². The van der Waals surface area contributed by atoms with Crippen molar-refractivity contribution in [3.63, 3.8) is 0 Å². The number of ether oxygens (including phenoxy) is 1. The number of fused-ring (bicyclic) bond motifs is 1. The average Bonchev–Trinajstić information content (AvgIpc) is 3.43. The molecular formula is C26H21F3N6O2. The first-order valence-corrected chi connectivity index (χ1v) is 11.3. The van der Waals surface area contributed by atoms with Crippen LogP contribution in [0, 0.1) is 0 Å². The first-order valence-electron chi connectivity index (χ1n) is 11.3.